The van der Waals surface area contributed by atoms with Crippen molar-refractivity contribution >= 4 is 18.4 Å². The molecule has 0 aliphatic carbocycles. The highest BCUT2D eigenvalue weighted by Gasteiger charge is 2.07. The summed E-state index contributed by atoms with van der Waals surface area (Å²) in [5.41, 5.74) is 1.59. The molecule has 1 aromatic heterocycles. The molecule has 2 aromatic carbocycles. The van der Waals surface area contributed by atoms with Crippen molar-refractivity contribution in [3.63, 3.8) is 0 Å². The number of nitrogens with zero attached hydrogens (tertiary/aromatic N) is 3. The molecule has 0 aliphatic rings. The molecule has 0 aliphatic heterocycles. The molecule has 7 heteroatoms. The lowest BCUT2D eigenvalue weighted by Gasteiger charge is -2.01. The molecule has 0 amide bonds. The first kappa shape index (κ1) is 14.0. The van der Waals surface area contributed by atoms with E-state index in [0.29, 0.717) is 10.6 Å². The average Bonchev–Trinajstić information content (AvgIpc) is 2.89. The van der Waals surface area contributed by atoms with Crippen LogP contribution >= 0.6 is 12.2 Å². The summed E-state index contributed by atoms with van der Waals surface area (Å²) in [5.74, 6) is 0.916. The van der Waals surface area contributed by atoms with E-state index in [9.17, 15) is 10.2 Å². The molecule has 110 valence electrons. The van der Waals surface area contributed by atoms with Crippen LogP contribution in [0.15, 0.2) is 53.6 Å². The molecular formula is C15H12N4O2S. The third kappa shape index (κ3) is 2.89. The molecule has 3 rings (SSSR count). The quantitative estimate of drug-likeness (QED) is 0.513. The maximum Gasteiger partial charge on any atom is 0.216 e. The van der Waals surface area contributed by atoms with E-state index < -0.39 is 0 Å². The summed E-state index contributed by atoms with van der Waals surface area (Å²) in [6.45, 7) is 0. The number of aromatic hydroxyl groups is 2. The Labute approximate surface area is 131 Å². The lowest BCUT2D eigenvalue weighted by molar-refractivity contribution is 0.475. The molecule has 3 N–H and O–H groups in total. The first-order valence-corrected chi connectivity index (χ1v) is 6.84. The zero-order chi connectivity index (χ0) is 15.5. The molecule has 6 nitrogen and oxygen atoms in total. The first-order chi connectivity index (χ1) is 10.6. The van der Waals surface area contributed by atoms with Gasteiger partial charge in [-0.05, 0) is 66.3 Å². The maximum atomic E-state index is 9.35. The lowest BCUT2D eigenvalue weighted by atomic mass is 10.2. The Morgan fingerprint density at radius 1 is 1.00 bits per heavy atom. The minimum atomic E-state index is 0.178. The number of aromatic amines is 1. The maximum absolute atomic E-state index is 9.35. The van der Waals surface area contributed by atoms with Crippen LogP contribution in [0.5, 0.6) is 11.5 Å². The van der Waals surface area contributed by atoms with Gasteiger partial charge in [-0.1, -0.05) is 0 Å². The van der Waals surface area contributed by atoms with Gasteiger partial charge in [-0.2, -0.15) is 14.9 Å². The third-order valence-electron chi connectivity index (χ3n) is 2.99. The van der Waals surface area contributed by atoms with E-state index >= 15 is 0 Å². The van der Waals surface area contributed by atoms with Crippen LogP contribution in [0.1, 0.15) is 5.56 Å². The van der Waals surface area contributed by atoms with Crippen LogP contribution in [0.4, 0.5) is 0 Å². The van der Waals surface area contributed by atoms with Crippen LogP contribution in [-0.4, -0.2) is 31.3 Å². The molecule has 0 atom stereocenters. The van der Waals surface area contributed by atoms with Gasteiger partial charge < -0.3 is 10.2 Å². The second-order valence-electron chi connectivity index (χ2n) is 4.55. The Kier molecular flexibility index (Phi) is 3.71. The number of H-pyrrole nitrogens is 1. The highest BCUT2D eigenvalue weighted by atomic mass is 32.1. The van der Waals surface area contributed by atoms with E-state index in [0.717, 1.165) is 11.1 Å². The summed E-state index contributed by atoms with van der Waals surface area (Å²) in [6.07, 6.45) is 1.62. The number of benzene rings is 2. The molecular weight excluding hydrogens is 300 g/mol. The zero-order valence-corrected chi connectivity index (χ0v) is 12.2. The topological polar surface area (TPSA) is 86.4 Å². The highest BCUT2D eigenvalue weighted by Crippen LogP contribution is 2.20. The number of phenolic OH excluding ortho intramolecular Hbond substituents is 2. The van der Waals surface area contributed by atoms with Gasteiger partial charge in [0.05, 0.1) is 6.21 Å². The summed E-state index contributed by atoms with van der Waals surface area (Å²) in [4.78, 5) is 0. The average molecular weight is 312 g/mol. The summed E-state index contributed by atoms with van der Waals surface area (Å²) >= 11 is 5.18. The molecule has 3 aromatic rings. The predicted molar refractivity (Wildman–Crippen MR) is 85.6 cm³/mol. The summed E-state index contributed by atoms with van der Waals surface area (Å²) in [5, 5.41) is 29.8. The minimum Gasteiger partial charge on any atom is -0.508 e. The van der Waals surface area contributed by atoms with Gasteiger partial charge in [0, 0.05) is 5.56 Å². The molecule has 0 fully saturated rings. The predicted octanol–water partition coefficient (Wildman–Crippen LogP) is 2.90. The van der Waals surface area contributed by atoms with Crippen molar-refractivity contribution in [2.75, 3.05) is 0 Å². The van der Waals surface area contributed by atoms with Crippen molar-refractivity contribution in [1.29, 1.82) is 0 Å². The number of hydrogen-bond acceptors (Lipinski definition) is 5. The number of aromatic nitrogens is 3. The summed E-state index contributed by atoms with van der Waals surface area (Å²) < 4.78 is 1.85. The standard InChI is InChI=1S/C15H12N4O2S/c20-12-5-1-10(2-6-12)9-16-19-14(17-18-15(19)22)11-3-7-13(21)8-4-11/h1-9,20-21H,(H,18,22). The molecule has 0 saturated carbocycles. The number of nitrogens with one attached hydrogen (secondary N) is 1. The van der Waals surface area contributed by atoms with Crippen molar-refractivity contribution < 1.29 is 10.2 Å². The molecule has 22 heavy (non-hydrogen) atoms. The van der Waals surface area contributed by atoms with Gasteiger partial charge in [-0.3, -0.25) is 0 Å². The Bertz CT molecular complexity index is 864. The van der Waals surface area contributed by atoms with Gasteiger partial charge in [-0.15, -0.1) is 0 Å². The van der Waals surface area contributed by atoms with E-state index in [1.165, 1.54) is 4.68 Å². The SMILES string of the molecule is Oc1ccc(C=Nn2c(-c3ccc(O)cc3)n[nH]c2=S)cc1. The minimum absolute atomic E-state index is 0.178. The fraction of sp³-hybridized carbons (Fsp3) is 0. The van der Waals surface area contributed by atoms with Gasteiger partial charge >= 0.3 is 0 Å². The van der Waals surface area contributed by atoms with E-state index in [1.54, 1.807) is 54.7 Å². The Balaban J connectivity index is 1.97. The van der Waals surface area contributed by atoms with Crippen LogP contribution < -0.4 is 0 Å². The zero-order valence-electron chi connectivity index (χ0n) is 11.3. The van der Waals surface area contributed by atoms with Crippen molar-refractivity contribution in [1.82, 2.24) is 14.9 Å². The van der Waals surface area contributed by atoms with E-state index in [4.69, 9.17) is 12.2 Å². The largest absolute Gasteiger partial charge is 0.508 e. The summed E-state index contributed by atoms with van der Waals surface area (Å²) in [7, 11) is 0. The van der Waals surface area contributed by atoms with Crippen molar-refractivity contribution in [2.24, 2.45) is 5.10 Å². The van der Waals surface area contributed by atoms with Gasteiger partial charge in [0.15, 0.2) is 5.82 Å². The fourth-order valence-electron chi connectivity index (χ4n) is 1.88. The van der Waals surface area contributed by atoms with E-state index in [1.807, 2.05) is 0 Å². The third-order valence-corrected chi connectivity index (χ3v) is 3.26. The Morgan fingerprint density at radius 2 is 1.59 bits per heavy atom. The van der Waals surface area contributed by atoms with Crippen molar-refractivity contribution in [2.45, 2.75) is 0 Å². The van der Waals surface area contributed by atoms with Crippen LogP contribution in [-0.2, 0) is 0 Å². The van der Waals surface area contributed by atoms with Gasteiger partial charge in [-0.25, -0.2) is 5.10 Å². The van der Waals surface area contributed by atoms with Crippen LogP contribution in [0.25, 0.3) is 11.4 Å². The smallest absolute Gasteiger partial charge is 0.216 e. The Hall–Kier alpha value is -2.93. The van der Waals surface area contributed by atoms with Gasteiger partial charge in [0.25, 0.3) is 0 Å². The van der Waals surface area contributed by atoms with Crippen molar-refractivity contribution in [3.8, 4) is 22.9 Å². The van der Waals surface area contributed by atoms with Gasteiger partial charge in [0.2, 0.25) is 4.77 Å². The molecule has 0 saturated heterocycles. The fourth-order valence-corrected chi connectivity index (χ4v) is 2.06. The number of phenols is 2. The second kappa shape index (κ2) is 5.82. The van der Waals surface area contributed by atoms with E-state index in [-0.39, 0.29) is 11.5 Å². The molecule has 0 bridgehead atoms. The van der Waals surface area contributed by atoms with Crippen LogP contribution in [0.2, 0.25) is 0 Å². The van der Waals surface area contributed by atoms with Gasteiger partial charge in [0.1, 0.15) is 11.5 Å². The Morgan fingerprint density at radius 3 is 2.23 bits per heavy atom. The lowest BCUT2D eigenvalue weighted by Crippen LogP contribution is -1.94. The second-order valence-corrected chi connectivity index (χ2v) is 4.93. The normalized spacial score (nSPS) is 11.1. The first-order valence-electron chi connectivity index (χ1n) is 6.44. The summed E-state index contributed by atoms with van der Waals surface area (Å²) in [6, 6.07) is 13.2. The molecule has 0 unspecified atom stereocenters. The van der Waals surface area contributed by atoms with E-state index in [2.05, 4.69) is 15.3 Å². The van der Waals surface area contributed by atoms with Crippen LogP contribution in [0.3, 0.4) is 0 Å². The molecule has 0 spiro atoms. The molecule has 0 radical (unpaired) electrons. The monoisotopic (exact) mass is 312 g/mol. The van der Waals surface area contributed by atoms with Crippen molar-refractivity contribution in [3.05, 3.63) is 58.9 Å². The highest BCUT2D eigenvalue weighted by molar-refractivity contribution is 7.71. The number of hydrogen-bond donors (Lipinski definition) is 3. The van der Waals surface area contributed by atoms with Crippen LogP contribution in [0, 0.1) is 4.77 Å². The molecule has 1 heterocycles. The number of rotatable bonds is 3.